The highest BCUT2D eigenvalue weighted by Crippen LogP contribution is 2.32. The molecule has 21 heavy (non-hydrogen) atoms. The first kappa shape index (κ1) is 14.6. The zero-order valence-electron chi connectivity index (χ0n) is 11.2. The third-order valence-electron chi connectivity index (χ3n) is 2.94. The van der Waals surface area contributed by atoms with Gasteiger partial charge in [0.1, 0.15) is 5.82 Å². The molecule has 0 aliphatic heterocycles. The number of phenolic OH excluding ortho intramolecular Hbond substituents is 1. The van der Waals surface area contributed by atoms with Crippen molar-refractivity contribution in [2.45, 2.75) is 0 Å². The second-order valence-corrected chi connectivity index (χ2v) is 4.27. The number of methoxy groups -OCH3 is 1. The van der Waals surface area contributed by atoms with Gasteiger partial charge in [0, 0.05) is 5.56 Å². The minimum absolute atomic E-state index is 0.0569. The second kappa shape index (κ2) is 6.09. The number of ether oxygens (including phenoxy) is 1. The summed E-state index contributed by atoms with van der Waals surface area (Å²) in [4.78, 5) is 11.4. The molecule has 0 aromatic heterocycles. The van der Waals surface area contributed by atoms with E-state index in [1.807, 2.05) is 0 Å². The number of hydrogen-bond acceptors (Lipinski definition) is 3. The van der Waals surface area contributed by atoms with E-state index >= 15 is 0 Å². The molecule has 2 rings (SSSR count). The van der Waals surface area contributed by atoms with Gasteiger partial charge in [-0.1, -0.05) is 24.3 Å². The van der Waals surface area contributed by atoms with Crippen molar-refractivity contribution < 1.29 is 24.1 Å². The maximum Gasteiger partial charge on any atom is 0.336 e. The Kier molecular flexibility index (Phi) is 4.23. The van der Waals surface area contributed by atoms with Gasteiger partial charge in [0.25, 0.3) is 0 Å². The Morgan fingerprint density at radius 2 is 1.86 bits per heavy atom. The molecule has 0 amide bonds. The molecule has 0 heterocycles. The Bertz CT molecular complexity index is 690. The highest BCUT2D eigenvalue weighted by Gasteiger charge is 2.13. The van der Waals surface area contributed by atoms with Crippen LogP contribution in [0.1, 0.15) is 11.1 Å². The molecule has 0 radical (unpaired) electrons. The maximum atomic E-state index is 12.9. The Morgan fingerprint density at radius 1 is 1.19 bits per heavy atom. The second-order valence-electron chi connectivity index (χ2n) is 4.27. The molecule has 2 N–H and O–H groups in total. The van der Waals surface area contributed by atoms with E-state index in [2.05, 4.69) is 0 Å². The molecule has 5 heteroatoms. The summed E-state index contributed by atoms with van der Waals surface area (Å²) >= 11 is 0. The van der Waals surface area contributed by atoms with Crippen LogP contribution in [0.4, 0.5) is 4.39 Å². The summed E-state index contributed by atoms with van der Waals surface area (Å²) in [6.45, 7) is 0. The predicted molar refractivity (Wildman–Crippen MR) is 76.6 cm³/mol. The van der Waals surface area contributed by atoms with Gasteiger partial charge in [-0.25, -0.2) is 9.18 Å². The highest BCUT2D eigenvalue weighted by atomic mass is 19.1. The van der Waals surface area contributed by atoms with Crippen LogP contribution >= 0.6 is 0 Å². The average Bonchev–Trinajstić information content (AvgIpc) is 2.47. The van der Waals surface area contributed by atoms with E-state index in [1.165, 1.54) is 37.5 Å². The highest BCUT2D eigenvalue weighted by molar-refractivity contribution is 6.20. The Hall–Kier alpha value is -2.82. The lowest BCUT2D eigenvalue weighted by molar-refractivity contribution is -0.130. The van der Waals surface area contributed by atoms with Crippen LogP contribution in [0.5, 0.6) is 11.5 Å². The zero-order chi connectivity index (χ0) is 15.4. The lowest BCUT2D eigenvalue weighted by Gasteiger charge is -2.07. The van der Waals surface area contributed by atoms with Gasteiger partial charge in [0.05, 0.1) is 12.7 Å². The molecule has 0 fully saturated rings. The van der Waals surface area contributed by atoms with E-state index in [-0.39, 0.29) is 17.1 Å². The summed E-state index contributed by atoms with van der Waals surface area (Å²) in [7, 11) is 1.40. The molecule has 0 aliphatic carbocycles. The number of benzene rings is 2. The van der Waals surface area contributed by atoms with Crippen LogP contribution in [0.3, 0.4) is 0 Å². The van der Waals surface area contributed by atoms with E-state index in [0.29, 0.717) is 11.1 Å². The van der Waals surface area contributed by atoms with Gasteiger partial charge in [0.15, 0.2) is 11.5 Å². The average molecular weight is 288 g/mol. The molecule has 4 nitrogen and oxygen atoms in total. The summed E-state index contributed by atoms with van der Waals surface area (Å²) in [6.07, 6.45) is 1.31. The van der Waals surface area contributed by atoms with Gasteiger partial charge in [-0.05, 0) is 29.8 Å². The van der Waals surface area contributed by atoms with Crippen LogP contribution in [0, 0.1) is 5.82 Å². The Morgan fingerprint density at radius 3 is 2.43 bits per heavy atom. The molecular formula is C16H13FO4. The number of hydrogen-bond donors (Lipinski definition) is 2. The summed E-state index contributed by atoms with van der Waals surface area (Å²) in [5, 5.41) is 19.3. The van der Waals surface area contributed by atoms with Gasteiger partial charge in [0.2, 0.25) is 0 Å². The molecule has 0 unspecified atom stereocenters. The Balaban J connectivity index is 2.53. The first-order chi connectivity index (χ1) is 10.0. The van der Waals surface area contributed by atoms with Gasteiger partial charge in [-0.15, -0.1) is 0 Å². The van der Waals surface area contributed by atoms with Crippen molar-refractivity contribution in [3.63, 3.8) is 0 Å². The van der Waals surface area contributed by atoms with Crippen LogP contribution in [0.15, 0.2) is 42.5 Å². The summed E-state index contributed by atoms with van der Waals surface area (Å²) < 4.78 is 17.9. The summed E-state index contributed by atoms with van der Waals surface area (Å²) in [5.74, 6) is -1.54. The number of carboxylic acid groups (broad SMARTS) is 1. The number of carboxylic acids is 1. The number of para-hydroxylation sites is 1. The van der Waals surface area contributed by atoms with Crippen molar-refractivity contribution in [2.24, 2.45) is 0 Å². The van der Waals surface area contributed by atoms with Gasteiger partial charge >= 0.3 is 5.97 Å². The minimum atomic E-state index is -1.18. The maximum absolute atomic E-state index is 12.9. The van der Waals surface area contributed by atoms with Crippen molar-refractivity contribution >= 4 is 17.6 Å². The fourth-order valence-corrected chi connectivity index (χ4v) is 1.87. The minimum Gasteiger partial charge on any atom is -0.504 e. The largest absolute Gasteiger partial charge is 0.504 e. The topological polar surface area (TPSA) is 66.8 Å². The number of halogens is 1. The molecule has 2 aromatic carbocycles. The SMILES string of the molecule is COc1cccc(/C=C(\C(=O)O)c2ccc(F)cc2)c1O. The van der Waals surface area contributed by atoms with E-state index in [4.69, 9.17) is 4.74 Å². The predicted octanol–water partition coefficient (Wildman–Crippen LogP) is 3.17. The third kappa shape index (κ3) is 3.20. The van der Waals surface area contributed by atoms with Crippen LogP contribution in [-0.2, 0) is 4.79 Å². The number of carbonyl (C=O) groups is 1. The van der Waals surface area contributed by atoms with Crippen LogP contribution in [-0.4, -0.2) is 23.3 Å². The molecule has 0 bridgehead atoms. The summed E-state index contributed by atoms with van der Waals surface area (Å²) in [5.41, 5.74) is 0.584. The number of phenols is 1. The molecule has 0 saturated carbocycles. The quantitative estimate of drug-likeness (QED) is 0.670. The van der Waals surface area contributed by atoms with Crippen molar-refractivity contribution in [1.29, 1.82) is 0 Å². The Labute approximate surface area is 120 Å². The fraction of sp³-hybridized carbons (Fsp3) is 0.0625. The number of rotatable bonds is 4. The zero-order valence-corrected chi connectivity index (χ0v) is 11.2. The molecule has 0 atom stereocenters. The van der Waals surface area contributed by atoms with Crippen LogP contribution in [0.25, 0.3) is 11.6 Å². The number of aromatic hydroxyl groups is 1. The van der Waals surface area contributed by atoms with E-state index in [9.17, 15) is 19.4 Å². The normalized spacial score (nSPS) is 11.2. The first-order valence-electron chi connectivity index (χ1n) is 6.10. The lowest BCUT2D eigenvalue weighted by atomic mass is 10.0. The smallest absolute Gasteiger partial charge is 0.336 e. The fourth-order valence-electron chi connectivity index (χ4n) is 1.87. The van der Waals surface area contributed by atoms with E-state index in [0.717, 1.165) is 0 Å². The molecule has 108 valence electrons. The van der Waals surface area contributed by atoms with Crippen molar-refractivity contribution in [2.75, 3.05) is 7.11 Å². The van der Waals surface area contributed by atoms with E-state index in [1.54, 1.807) is 18.2 Å². The van der Waals surface area contributed by atoms with Crippen LogP contribution in [0.2, 0.25) is 0 Å². The summed E-state index contributed by atoms with van der Waals surface area (Å²) in [6, 6.07) is 9.85. The molecule has 0 spiro atoms. The molecular weight excluding hydrogens is 275 g/mol. The third-order valence-corrected chi connectivity index (χ3v) is 2.94. The molecule has 0 saturated heterocycles. The first-order valence-corrected chi connectivity index (χ1v) is 6.10. The standard InChI is InChI=1S/C16H13FO4/c1-21-14-4-2-3-11(15(14)18)9-13(16(19)20)10-5-7-12(17)8-6-10/h2-9,18H,1H3,(H,19,20)/b13-9-. The van der Waals surface area contributed by atoms with Gasteiger partial charge < -0.3 is 14.9 Å². The monoisotopic (exact) mass is 288 g/mol. The number of aliphatic carboxylic acids is 1. The molecule has 0 aliphatic rings. The van der Waals surface area contributed by atoms with E-state index < -0.39 is 11.8 Å². The lowest BCUT2D eigenvalue weighted by Crippen LogP contribution is -2.00. The van der Waals surface area contributed by atoms with Crippen molar-refractivity contribution in [3.05, 3.63) is 59.4 Å². The van der Waals surface area contributed by atoms with Gasteiger partial charge in [-0.3, -0.25) is 0 Å². The van der Waals surface area contributed by atoms with Crippen molar-refractivity contribution in [3.8, 4) is 11.5 Å². The van der Waals surface area contributed by atoms with Crippen molar-refractivity contribution in [1.82, 2.24) is 0 Å². The van der Waals surface area contributed by atoms with Gasteiger partial charge in [-0.2, -0.15) is 0 Å². The van der Waals surface area contributed by atoms with Crippen LogP contribution < -0.4 is 4.74 Å². The molecule has 2 aromatic rings.